The number of nitrogens with zero attached hydrogens (tertiary/aromatic N) is 2. The van der Waals surface area contributed by atoms with Gasteiger partial charge in [0.2, 0.25) is 0 Å². The molecule has 0 spiro atoms. The van der Waals surface area contributed by atoms with Gasteiger partial charge in [0, 0.05) is 12.4 Å². The van der Waals surface area contributed by atoms with E-state index in [0.717, 1.165) is 11.3 Å². The molecule has 1 heterocycles. The van der Waals surface area contributed by atoms with E-state index in [9.17, 15) is 8.42 Å². The smallest absolute Gasteiger partial charge is 0.178 e. The first-order chi connectivity index (χ1) is 10.7. The molecule has 0 aliphatic carbocycles. The molecule has 1 aromatic heterocycles. The van der Waals surface area contributed by atoms with Crippen LogP contribution in [-0.2, 0) is 16.3 Å². The zero-order valence-electron chi connectivity index (χ0n) is 12.0. The Kier molecular flexibility index (Phi) is 4.06. The summed E-state index contributed by atoms with van der Waals surface area (Å²) in [6.45, 7) is 0. The van der Waals surface area contributed by atoms with Gasteiger partial charge in [-0.05, 0) is 36.2 Å². The molecule has 112 valence electrons. The van der Waals surface area contributed by atoms with Gasteiger partial charge in [0.15, 0.2) is 9.84 Å². The number of aryl methyl sites for hydroxylation is 1. The molecule has 4 nitrogen and oxygen atoms in total. The molecule has 5 heteroatoms. The fourth-order valence-corrected chi connectivity index (χ4v) is 3.64. The largest absolute Gasteiger partial charge is 0.241 e. The van der Waals surface area contributed by atoms with Crippen LogP contribution in [0.25, 0.3) is 5.69 Å². The minimum absolute atomic E-state index is 0.0787. The van der Waals surface area contributed by atoms with Crippen LogP contribution in [0.5, 0.6) is 0 Å². The van der Waals surface area contributed by atoms with E-state index in [1.165, 1.54) is 0 Å². The van der Waals surface area contributed by atoms with Crippen LogP contribution in [0.2, 0.25) is 0 Å². The summed E-state index contributed by atoms with van der Waals surface area (Å²) in [5.74, 6) is 0.0787. The van der Waals surface area contributed by atoms with Crippen molar-refractivity contribution in [3.05, 3.63) is 78.6 Å². The number of sulfone groups is 1. The maximum absolute atomic E-state index is 12.4. The quantitative estimate of drug-likeness (QED) is 0.728. The summed E-state index contributed by atoms with van der Waals surface area (Å²) in [6.07, 6.45) is 4.01. The van der Waals surface area contributed by atoms with Gasteiger partial charge >= 0.3 is 0 Å². The second-order valence-corrected chi connectivity index (χ2v) is 7.07. The molecule has 2 aromatic carbocycles. The number of rotatable bonds is 5. The highest BCUT2D eigenvalue weighted by molar-refractivity contribution is 7.91. The summed E-state index contributed by atoms with van der Waals surface area (Å²) >= 11 is 0. The number of hydrogen-bond donors (Lipinski definition) is 0. The van der Waals surface area contributed by atoms with E-state index >= 15 is 0 Å². The standard InChI is InChI=1S/C17H16N2O2S/c20-22(21,16-8-2-1-3-9-16)14-11-15-7-4-5-10-17(15)19-13-6-12-18-19/h1-10,12-13H,11,14H2. The van der Waals surface area contributed by atoms with Gasteiger partial charge in [0.25, 0.3) is 0 Å². The van der Waals surface area contributed by atoms with Gasteiger partial charge in [0.05, 0.1) is 16.3 Å². The Bertz CT molecular complexity index is 841. The topological polar surface area (TPSA) is 52.0 Å². The maximum Gasteiger partial charge on any atom is 0.178 e. The minimum atomic E-state index is -3.27. The third-order valence-electron chi connectivity index (χ3n) is 3.49. The van der Waals surface area contributed by atoms with Crippen molar-refractivity contribution in [2.24, 2.45) is 0 Å². The number of aromatic nitrogens is 2. The van der Waals surface area contributed by atoms with Crippen LogP contribution in [0.1, 0.15) is 5.56 Å². The fraction of sp³-hybridized carbons (Fsp3) is 0.118. The Morgan fingerprint density at radius 3 is 2.36 bits per heavy atom. The third-order valence-corrected chi connectivity index (χ3v) is 5.22. The molecule has 3 aromatic rings. The van der Waals surface area contributed by atoms with E-state index in [1.807, 2.05) is 42.6 Å². The van der Waals surface area contributed by atoms with E-state index in [-0.39, 0.29) is 5.75 Å². The van der Waals surface area contributed by atoms with Gasteiger partial charge in [-0.1, -0.05) is 36.4 Å². The number of para-hydroxylation sites is 1. The molecule has 0 N–H and O–H groups in total. The van der Waals surface area contributed by atoms with Crippen molar-refractivity contribution in [3.8, 4) is 5.69 Å². The highest BCUT2D eigenvalue weighted by Crippen LogP contribution is 2.17. The van der Waals surface area contributed by atoms with E-state index in [2.05, 4.69) is 5.10 Å². The zero-order valence-corrected chi connectivity index (χ0v) is 12.8. The molecule has 0 atom stereocenters. The second kappa shape index (κ2) is 6.15. The molecule has 0 aliphatic rings. The minimum Gasteiger partial charge on any atom is -0.241 e. The molecule has 0 saturated carbocycles. The van der Waals surface area contributed by atoms with Crippen LogP contribution in [0.3, 0.4) is 0 Å². The van der Waals surface area contributed by atoms with Crippen molar-refractivity contribution in [1.29, 1.82) is 0 Å². The van der Waals surface area contributed by atoms with Gasteiger partial charge in [-0.2, -0.15) is 5.10 Å². The normalized spacial score (nSPS) is 11.5. The van der Waals surface area contributed by atoms with Crippen molar-refractivity contribution < 1.29 is 8.42 Å². The molecule has 0 aliphatic heterocycles. The van der Waals surface area contributed by atoms with Gasteiger partial charge < -0.3 is 0 Å². The summed E-state index contributed by atoms with van der Waals surface area (Å²) in [5.41, 5.74) is 1.88. The lowest BCUT2D eigenvalue weighted by molar-refractivity contribution is 0.595. The van der Waals surface area contributed by atoms with Crippen LogP contribution in [0.4, 0.5) is 0 Å². The van der Waals surface area contributed by atoms with E-state index < -0.39 is 9.84 Å². The molecule has 0 radical (unpaired) electrons. The van der Waals surface area contributed by atoms with Crippen LogP contribution >= 0.6 is 0 Å². The molecule has 0 saturated heterocycles. The van der Waals surface area contributed by atoms with Gasteiger partial charge in [-0.3, -0.25) is 0 Å². The molecule has 0 bridgehead atoms. The highest BCUT2D eigenvalue weighted by atomic mass is 32.2. The van der Waals surface area contributed by atoms with Gasteiger partial charge in [0.1, 0.15) is 0 Å². The lowest BCUT2D eigenvalue weighted by Crippen LogP contribution is -2.11. The molecular formula is C17H16N2O2S. The Balaban J connectivity index is 1.83. The Labute approximate surface area is 130 Å². The first-order valence-corrected chi connectivity index (χ1v) is 8.68. The van der Waals surface area contributed by atoms with Crippen molar-refractivity contribution in [1.82, 2.24) is 9.78 Å². The Morgan fingerprint density at radius 2 is 1.64 bits per heavy atom. The zero-order chi connectivity index (χ0) is 15.4. The predicted molar refractivity (Wildman–Crippen MR) is 85.8 cm³/mol. The van der Waals surface area contributed by atoms with Crippen LogP contribution in [-0.4, -0.2) is 24.0 Å². The lowest BCUT2D eigenvalue weighted by Gasteiger charge is -2.10. The van der Waals surface area contributed by atoms with Gasteiger partial charge in [-0.25, -0.2) is 13.1 Å². The van der Waals surface area contributed by atoms with E-state index in [0.29, 0.717) is 11.3 Å². The Hall–Kier alpha value is -2.40. The highest BCUT2D eigenvalue weighted by Gasteiger charge is 2.15. The number of benzene rings is 2. The monoisotopic (exact) mass is 312 g/mol. The van der Waals surface area contributed by atoms with Crippen molar-refractivity contribution in [2.75, 3.05) is 5.75 Å². The van der Waals surface area contributed by atoms with Gasteiger partial charge in [-0.15, -0.1) is 0 Å². The maximum atomic E-state index is 12.4. The van der Waals surface area contributed by atoms with Crippen LogP contribution in [0, 0.1) is 0 Å². The fourth-order valence-electron chi connectivity index (χ4n) is 2.35. The molecule has 3 rings (SSSR count). The predicted octanol–water partition coefficient (Wildman–Crippen LogP) is 2.89. The summed E-state index contributed by atoms with van der Waals surface area (Å²) < 4.78 is 26.5. The lowest BCUT2D eigenvalue weighted by atomic mass is 10.1. The molecular weight excluding hydrogens is 296 g/mol. The second-order valence-electron chi connectivity index (χ2n) is 4.96. The van der Waals surface area contributed by atoms with E-state index in [4.69, 9.17) is 0 Å². The van der Waals surface area contributed by atoms with E-state index in [1.54, 1.807) is 35.1 Å². The molecule has 22 heavy (non-hydrogen) atoms. The average molecular weight is 312 g/mol. The SMILES string of the molecule is O=S(=O)(CCc1ccccc1-n1cccn1)c1ccccc1. The Morgan fingerprint density at radius 1 is 0.909 bits per heavy atom. The first kappa shape index (κ1) is 14.5. The molecule has 0 fully saturated rings. The number of hydrogen-bond acceptors (Lipinski definition) is 3. The summed E-state index contributed by atoms with van der Waals surface area (Å²) in [6, 6.07) is 18.1. The van der Waals surface area contributed by atoms with Crippen LogP contribution < -0.4 is 0 Å². The molecule has 0 amide bonds. The summed E-state index contributed by atoms with van der Waals surface area (Å²) in [4.78, 5) is 0.367. The summed E-state index contributed by atoms with van der Waals surface area (Å²) in [5, 5.41) is 4.22. The van der Waals surface area contributed by atoms with Crippen molar-refractivity contribution >= 4 is 9.84 Å². The van der Waals surface area contributed by atoms with Crippen molar-refractivity contribution in [3.63, 3.8) is 0 Å². The third kappa shape index (κ3) is 3.09. The molecule has 0 unspecified atom stereocenters. The summed E-state index contributed by atoms with van der Waals surface area (Å²) in [7, 11) is -3.27. The van der Waals surface area contributed by atoms with Crippen LogP contribution in [0.15, 0.2) is 78.0 Å². The first-order valence-electron chi connectivity index (χ1n) is 7.02. The average Bonchev–Trinajstić information content (AvgIpc) is 3.08. The van der Waals surface area contributed by atoms with Crippen molar-refractivity contribution in [2.45, 2.75) is 11.3 Å².